The van der Waals surface area contributed by atoms with Crippen LogP contribution in [-0.2, 0) is 13.1 Å². The molecule has 2 aromatic rings. The number of nitrogens with zero attached hydrogens (tertiary/aromatic N) is 2. The van der Waals surface area contributed by atoms with Crippen LogP contribution in [0.5, 0.6) is 0 Å². The van der Waals surface area contributed by atoms with Crippen molar-refractivity contribution in [3.8, 4) is 0 Å². The Balaban J connectivity index is 2.27. The summed E-state index contributed by atoms with van der Waals surface area (Å²) in [4.78, 5) is 6.95. The Morgan fingerprint density at radius 1 is 1.21 bits per heavy atom. The smallest absolute Gasteiger partial charge is 0.0706 e. The first kappa shape index (κ1) is 7.94. The lowest BCUT2D eigenvalue weighted by Gasteiger charge is -2.01. The zero-order chi connectivity index (χ0) is 9.54. The highest BCUT2D eigenvalue weighted by Gasteiger charge is 2.16. The molecule has 1 aliphatic heterocycles. The van der Waals surface area contributed by atoms with Crippen molar-refractivity contribution in [1.29, 1.82) is 0 Å². The molecular weight excluding hydrogens is 172 g/mol. The van der Waals surface area contributed by atoms with Gasteiger partial charge in [-0.05, 0) is 24.7 Å². The maximum Gasteiger partial charge on any atom is 0.0706 e. The van der Waals surface area contributed by atoms with Crippen molar-refractivity contribution in [2.24, 2.45) is 0 Å². The molecule has 0 saturated carbocycles. The SMILES string of the molecule is CN1Cc2cc3ccccc3nc2C1. The van der Waals surface area contributed by atoms with Crippen molar-refractivity contribution < 1.29 is 0 Å². The molecule has 0 amide bonds. The molecule has 0 spiro atoms. The maximum absolute atomic E-state index is 4.66. The van der Waals surface area contributed by atoms with Crippen LogP contribution in [0.25, 0.3) is 10.9 Å². The van der Waals surface area contributed by atoms with Crippen LogP contribution in [0, 0.1) is 0 Å². The zero-order valence-electron chi connectivity index (χ0n) is 8.20. The Kier molecular flexibility index (Phi) is 1.58. The molecular formula is C12H12N2. The number of aromatic nitrogens is 1. The fraction of sp³-hybridized carbons (Fsp3) is 0.250. The topological polar surface area (TPSA) is 16.1 Å². The summed E-state index contributed by atoms with van der Waals surface area (Å²) < 4.78 is 0. The van der Waals surface area contributed by atoms with Crippen molar-refractivity contribution in [2.45, 2.75) is 13.1 Å². The second kappa shape index (κ2) is 2.79. The van der Waals surface area contributed by atoms with E-state index in [9.17, 15) is 0 Å². The number of rotatable bonds is 0. The highest BCUT2D eigenvalue weighted by Crippen LogP contribution is 2.23. The van der Waals surface area contributed by atoms with E-state index < -0.39 is 0 Å². The number of hydrogen-bond donors (Lipinski definition) is 0. The van der Waals surface area contributed by atoms with Gasteiger partial charge in [-0.15, -0.1) is 0 Å². The van der Waals surface area contributed by atoms with Gasteiger partial charge in [-0.25, -0.2) is 0 Å². The van der Waals surface area contributed by atoms with Gasteiger partial charge in [-0.2, -0.15) is 0 Å². The molecule has 1 aromatic carbocycles. The van der Waals surface area contributed by atoms with Gasteiger partial charge in [-0.3, -0.25) is 9.88 Å². The van der Waals surface area contributed by atoms with Gasteiger partial charge in [0.15, 0.2) is 0 Å². The molecule has 0 atom stereocenters. The third-order valence-corrected chi connectivity index (χ3v) is 2.75. The van der Waals surface area contributed by atoms with Crippen molar-refractivity contribution in [1.82, 2.24) is 9.88 Å². The molecule has 0 N–H and O–H groups in total. The number of pyridine rings is 1. The predicted octanol–water partition coefficient (Wildman–Crippen LogP) is 2.18. The lowest BCUT2D eigenvalue weighted by atomic mass is 10.1. The van der Waals surface area contributed by atoms with Crippen LogP contribution in [0.3, 0.4) is 0 Å². The standard InChI is InChI=1S/C12H12N2/c1-14-7-10-6-9-4-2-3-5-11(9)13-12(10)8-14/h2-6H,7-8H2,1H3. The van der Waals surface area contributed by atoms with E-state index in [4.69, 9.17) is 0 Å². The molecule has 2 heterocycles. The third-order valence-electron chi connectivity index (χ3n) is 2.75. The van der Waals surface area contributed by atoms with Crippen LogP contribution in [-0.4, -0.2) is 16.9 Å². The van der Waals surface area contributed by atoms with Gasteiger partial charge in [0, 0.05) is 18.5 Å². The van der Waals surface area contributed by atoms with E-state index in [2.05, 4.69) is 41.2 Å². The van der Waals surface area contributed by atoms with E-state index in [-0.39, 0.29) is 0 Å². The van der Waals surface area contributed by atoms with Crippen LogP contribution in [0.15, 0.2) is 30.3 Å². The molecule has 70 valence electrons. The van der Waals surface area contributed by atoms with Gasteiger partial charge in [0.1, 0.15) is 0 Å². The summed E-state index contributed by atoms with van der Waals surface area (Å²) in [5.41, 5.74) is 3.74. The first-order valence-corrected chi connectivity index (χ1v) is 4.89. The van der Waals surface area contributed by atoms with E-state index in [1.165, 1.54) is 16.6 Å². The van der Waals surface area contributed by atoms with E-state index in [1.54, 1.807) is 0 Å². The van der Waals surface area contributed by atoms with E-state index in [0.29, 0.717) is 0 Å². The number of para-hydroxylation sites is 1. The van der Waals surface area contributed by atoms with Gasteiger partial charge < -0.3 is 0 Å². The van der Waals surface area contributed by atoms with E-state index in [1.807, 2.05) is 6.07 Å². The van der Waals surface area contributed by atoms with Crippen LogP contribution in [0.2, 0.25) is 0 Å². The summed E-state index contributed by atoms with van der Waals surface area (Å²) in [6.07, 6.45) is 0. The first-order chi connectivity index (χ1) is 6.83. The average molecular weight is 184 g/mol. The summed E-state index contributed by atoms with van der Waals surface area (Å²) >= 11 is 0. The number of fused-ring (bicyclic) bond motifs is 2. The van der Waals surface area contributed by atoms with Gasteiger partial charge in [-0.1, -0.05) is 18.2 Å². The molecule has 0 unspecified atom stereocenters. The second-order valence-electron chi connectivity index (χ2n) is 3.96. The molecule has 1 aromatic heterocycles. The third kappa shape index (κ3) is 1.11. The van der Waals surface area contributed by atoms with Crippen LogP contribution in [0.1, 0.15) is 11.3 Å². The van der Waals surface area contributed by atoms with E-state index in [0.717, 1.165) is 18.6 Å². The molecule has 0 bridgehead atoms. The van der Waals surface area contributed by atoms with Gasteiger partial charge >= 0.3 is 0 Å². The summed E-state index contributed by atoms with van der Waals surface area (Å²) in [6.45, 7) is 2.02. The van der Waals surface area contributed by atoms with Gasteiger partial charge in [0.25, 0.3) is 0 Å². The van der Waals surface area contributed by atoms with Gasteiger partial charge in [0.2, 0.25) is 0 Å². The normalized spacial score (nSPS) is 16.1. The predicted molar refractivity (Wildman–Crippen MR) is 56.9 cm³/mol. The summed E-state index contributed by atoms with van der Waals surface area (Å²) in [6, 6.07) is 10.6. The highest BCUT2D eigenvalue weighted by atomic mass is 15.1. The van der Waals surface area contributed by atoms with Crippen molar-refractivity contribution in [3.05, 3.63) is 41.6 Å². The molecule has 2 nitrogen and oxygen atoms in total. The monoisotopic (exact) mass is 184 g/mol. The molecule has 3 rings (SSSR count). The van der Waals surface area contributed by atoms with Crippen LogP contribution < -0.4 is 0 Å². The van der Waals surface area contributed by atoms with Gasteiger partial charge in [0.05, 0.1) is 11.2 Å². The lowest BCUT2D eigenvalue weighted by molar-refractivity contribution is 0.351. The fourth-order valence-electron chi connectivity index (χ4n) is 2.08. The summed E-state index contributed by atoms with van der Waals surface area (Å²) in [5, 5.41) is 1.25. The second-order valence-corrected chi connectivity index (χ2v) is 3.96. The minimum atomic E-state index is 0.986. The molecule has 0 saturated heterocycles. The lowest BCUT2D eigenvalue weighted by Crippen LogP contribution is -2.07. The Bertz CT molecular complexity index is 446. The number of hydrogen-bond acceptors (Lipinski definition) is 2. The Morgan fingerprint density at radius 3 is 3.00 bits per heavy atom. The van der Waals surface area contributed by atoms with E-state index >= 15 is 0 Å². The Labute approximate surface area is 83.2 Å². The van der Waals surface area contributed by atoms with Crippen LogP contribution in [0.4, 0.5) is 0 Å². The van der Waals surface area contributed by atoms with Crippen molar-refractivity contribution in [3.63, 3.8) is 0 Å². The minimum absolute atomic E-state index is 0.986. The molecule has 14 heavy (non-hydrogen) atoms. The Hall–Kier alpha value is -1.41. The molecule has 2 heteroatoms. The zero-order valence-corrected chi connectivity index (χ0v) is 8.20. The summed E-state index contributed by atoms with van der Waals surface area (Å²) in [7, 11) is 2.13. The molecule has 0 fully saturated rings. The molecule has 1 aliphatic rings. The minimum Gasteiger partial charge on any atom is -0.296 e. The largest absolute Gasteiger partial charge is 0.296 e. The van der Waals surface area contributed by atoms with Crippen LogP contribution >= 0.6 is 0 Å². The first-order valence-electron chi connectivity index (χ1n) is 4.89. The Morgan fingerprint density at radius 2 is 2.07 bits per heavy atom. The van der Waals surface area contributed by atoms with Crippen molar-refractivity contribution in [2.75, 3.05) is 7.05 Å². The molecule has 0 aliphatic carbocycles. The van der Waals surface area contributed by atoms with Crippen molar-refractivity contribution >= 4 is 10.9 Å². The average Bonchev–Trinajstić information content (AvgIpc) is 2.53. The maximum atomic E-state index is 4.66. The summed E-state index contributed by atoms with van der Waals surface area (Å²) in [5.74, 6) is 0. The number of benzene rings is 1. The fourth-order valence-corrected chi connectivity index (χ4v) is 2.08. The molecule has 0 radical (unpaired) electrons. The quantitative estimate of drug-likeness (QED) is 0.624. The highest BCUT2D eigenvalue weighted by molar-refractivity contribution is 5.79.